The van der Waals surface area contributed by atoms with Gasteiger partial charge in [-0.2, -0.15) is 0 Å². The summed E-state index contributed by atoms with van der Waals surface area (Å²) in [6.45, 7) is 12.8. The van der Waals surface area contributed by atoms with Crippen LogP contribution in [0.5, 0.6) is 0 Å². The van der Waals surface area contributed by atoms with Crippen LogP contribution in [0, 0.1) is 19.8 Å². The van der Waals surface area contributed by atoms with Crippen LogP contribution in [0.3, 0.4) is 0 Å². The van der Waals surface area contributed by atoms with Crippen LogP contribution in [-0.2, 0) is 11.3 Å². The maximum absolute atomic E-state index is 12.1. The number of carbonyl (C=O) groups excluding carboxylic acids is 1. The number of rotatable bonds is 4. The summed E-state index contributed by atoms with van der Waals surface area (Å²) in [7, 11) is 1.78. The molecule has 1 saturated heterocycles. The molecular formula is C19H33N5O2S. The summed E-state index contributed by atoms with van der Waals surface area (Å²) in [5.74, 6) is 1.32. The number of hydrogen-bond acceptors (Lipinski definition) is 5. The van der Waals surface area contributed by atoms with Crippen molar-refractivity contribution in [3.05, 3.63) is 15.6 Å². The first-order valence-electron chi connectivity index (χ1n) is 9.53. The molecule has 0 aliphatic carbocycles. The van der Waals surface area contributed by atoms with Crippen LogP contribution in [0.2, 0.25) is 0 Å². The van der Waals surface area contributed by atoms with Crippen LogP contribution in [-0.4, -0.2) is 54.2 Å². The van der Waals surface area contributed by atoms with Crippen molar-refractivity contribution in [1.82, 2.24) is 20.5 Å². The summed E-state index contributed by atoms with van der Waals surface area (Å²) >= 11 is 1.71. The molecule has 1 aliphatic rings. The number of carbonyl (C=O) groups is 1. The fraction of sp³-hybridized carbons (Fsp3) is 0.737. The van der Waals surface area contributed by atoms with E-state index >= 15 is 0 Å². The molecule has 2 heterocycles. The number of nitrogens with one attached hydrogen (secondary N) is 2. The van der Waals surface area contributed by atoms with Gasteiger partial charge in [0.05, 0.1) is 17.2 Å². The zero-order valence-electron chi connectivity index (χ0n) is 17.4. The second kappa shape index (κ2) is 9.39. The number of aromatic nitrogens is 1. The normalized spacial score (nSPS) is 16.4. The molecule has 0 aromatic carbocycles. The van der Waals surface area contributed by atoms with Crippen LogP contribution in [0.25, 0.3) is 0 Å². The minimum absolute atomic E-state index is 0.207. The highest BCUT2D eigenvalue weighted by atomic mass is 32.1. The molecule has 152 valence electrons. The summed E-state index contributed by atoms with van der Waals surface area (Å²) in [6.07, 6.45) is 1.73. The Kier molecular flexibility index (Phi) is 7.47. The van der Waals surface area contributed by atoms with Crippen LogP contribution in [0.1, 0.15) is 49.2 Å². The largest absolute Gasteiger partial charge is 0.444 e. The van der Waals surface area contributed by atoms with Gasteiger partial charge in [-0.3, -0.25) is 4.99 Å². The number of ether oxygens (including phenoxy) is 1. The molecule has 0 atom stereocenters. The van der Waals surface area contributed by atoms with Gasteiger partial charge < -0.3 is 20.3 Å². The zero-order valence-corrected chi connectivity index (χ0v) is 18.2. The fourth-order valence-electron chi connectivity index (χ4n) is 3.01. The highest BCUT2D eigenvalue weighted by Crippen LogP contribution is 2.19. The van der Waals surface area contributed by atoms with Crippen LogP contribution < -0.4 is 10.6 Å². The predicted molar refractivity (Wildman–Crippen MR) is 110 cm³/mol. The number of guanidine groups is 1. The molecule has 1 aliphatic heterocycles. The highest BCUT2D eigenvalue weighted by Gasteiger charge is 2.26. The van der Waals surface area contributed by atoms with Crippen LogP contribution in [0.15, 0.2) is 4.99 Å². The van der Waals surface area contributed by atoms with E-state index in [-0.39, 0.29) is 6.09 Å². The molecule has 0 spiro atoms. The molecule has 1 aromatic rings. The van der Waals surface area contributed by atoms with Gasteiger partial charge in [-0.1, -0.05) is 0 Å². The van der Waals surface area contributed by atoms with E-state index in [1.165, 1.54) is 4.88 Å². The lowest BCUT2D eigenvalue weighted by molar-refractivity contribution is 0.0185. The first kappa shape index (κ1) is 21.5. The van der Waals surface area contributed by atoms with Gasteiger partial charge in [-0.25, -0.2) is 9.78 Å². The summed E-state index contributed by atoms with van der Waals surface area (Å²) < 4.78 is 5.45. The van der Waals surface area contributed by atoms with Crippen molar-refractivity contribution >= 4 is 23.4 Å². The first-order valence-corrected chi connectivity index (χ1v) is 10.3. The number of hydrogen-bond donors (Lipinski definition) is 2. The number of nitrogens with zero attached hydrogens (tertiary/aromatic N) is 3. The Hall–Kier alpha value is -1.83. The molecule has 1 fully saturated rings. The van der Waals surface area contributed by atoms with Gasteiger partial charge in [0, 0.05) is 31.6 Å². The van der Waals surface area contributed by atoms with Crippen molar-refractivity contribution in [1.29, 1.82) is 0 Å². The van der Waals surface area contributed by atoms with Gasteiger partial charge in [0.25, 0.3) is 0 Å². The van der Waals surface area contributed by atoms with Crippen molar-refractivity contribution in [2.45, 2.75) is 59.6 Å². The predicted octanol–water partition coefficient (Wildman–Crippen LogP) is 3.07. The summed E-state index contributed by atoms with van der Waals surface area (Å²) in [5.41, 5.74) is 0.637. The fourth-order valence-corrected chi connectivity index (χ4v) is 3.89. The lowest BCUT2D eigenvalue weighted by Crippen LogP contribution is -2.45. The number of piperidine rings is 1. The smallest absolute Gasteiger partial charge is 0.410 e. The Morgan fingerprint density at radius 2 is 1.96 bits per heavy atom. The monoisotopic (exact) mass is 395 g/mol. The topological polar surface area (TPSA) is 78.9 Å². The van der Waals surface area contributed by atoms with Gasteiger partial charge in [0.15, 0.2) is 5.96 Å². The number of aryl methyl sites for hydroxylation is 2. The SMILES string of the molecule is CN=C(NCc1sc(C)nc1C)NCC1CCN(C(=O)OC(C)(C)C)CC1. The molecule has 0 bridgehead atoms. The van der Waals surface area contributed by atoms with Crippen molar-refractivity contribution in [3.8, 4) is 0 Å². The van der Waals surface area contributed by atoms with E-state index in [0.717, 1.165) is 55.7 Å². The lowest BCUT2D eigenvalue weighted by atomic mass is 9.97. The molecule has 0 unspecified atom stereocenters. The van der Waals surface area contributed by atoms with E-state index in [0.29, 0.717) is 5.92 Å². The minimum Gasteiger partial charge on any atom is -0.444 e. The average molecular weight is 396 g/mol. The third-order valence-corrected chi connectivity index (χ3v) is 5.54. The van der Waals surface area contributed by atoms with E-state index in [1.807, 2.05) is 39.5 Å². The number of thiazole rings is 1. The molecule has 2 rings (SSSR count). The Bertz CT molecular complexity index is 658. The van der Waals surface area contributed by atoms with E-state index in [1.54, 1.807) is 18.4 Å². The molecule has 2 N–H and O–H groups in total. The van der Waals surface area contributed by atoms with E-state index in [2.05, 4.69) is 20.6 Å². The second-order valence-corrected chi connectivity index (χ2v) is 9.25. The van der Waals surface area contributed by atoms with Gasteiger partial charge in [0.2, 0.25) is 0 Å². The van der Waals surface area contributed by atoms with Crippen LogP contribution >= 0.6 is 11.3 Å². The van der Waals surface area contributed by atoms with Gasteiger partial charge in [-0.15, -0.1) is 11.3 Å². The summed E-state index contributed by atoms with van der Waals surface area (Å²) in [4.78, 5) is 23.9. The highest BCUT2D eigenvalue weighted by molar-refractivity contribution is 7.11. The molecular weight excluding hydrogens is 362 g/mol. The van der Waals surface area contributed by atoms with Gasteiger partial charge >= 0.3 is 6.09 Å². The number of likely N-dealkylation sites (tertiary alicyclic amines) is 1. The lowest BCUT2D eigenvalue weighted by Gasteiger charge is -2.33. The van der Waals surface area contributed by atoms with Crippen molar-refractivity contribution < 1.29 is 9.53 Å². The number of amides is 1. The third kappa shape index (κ3) is 7.01. The molecule has 1 aromatic heterocycles. The van der Waals surface area contributed by atoms with E-state index in [4.69, 9.17) is 4.74 Å². The molecule has 27 heavy (non-hydrogen) atoms. The quantitative estimate of drug-likeness (QED) is 0.605. The maximum atomic E-state index is 12.1. The van der Waals surface area contributed by atoms with E-state index in [9.17, 15) is 4.79 Å². The Morgan fingerprint density at radius 3 is 2.48 bits per heavy atom. The molecule has 0 radical (unpaired) electrons. The average Bonchev–Trinajstić information content (AvgIpc) is 2.91. The van der Waals surface area contributed by atoms with E-state index < -0.39 is 5.60 Å². The molecule has 8 heteroatoms. The second-order valence-electron chi connectivity index (χ2n) is 7.96. The Balaban J connectivity index is 1.72. The van der Waals surface area contributed by atoms with Gasteiger partial charge in [-0.05, 0) is 53.4 Å². The third-order valence-electron chi connectivity index (χ3n) is 4.46. The maximum Gasteiger partial charge on any atom is 0.410 e. The molecule has 7 nitrogen and oxygen atoms in total. The molecule has 0 saturated carbocycles. The Labute approximate surface area is 166 Å². The van der Waals surface area contributed by atoms with Crippen molar-refractivity contribution in [2.24, 2.45) is 10.9 Å². The summed E-state index contributed by atoms with van der Waals surface area (Å²) in [5, 5.41) is 7.85. The standard InChI is InChI=1S/C19H33N5O2S/c1-13-16(27-14(2)23-13)12-22-17(20-6)21-11-15-7-9-24(10-8-15)18(25)26-19(3,4)5/h15H,7-12H2,1-6H3,(H2,20,21,22). The first-order chi connectivity index (χ1) is 12.7. The number of aliphatic imine (C=N–C) groups is 1. The van der Waals surface area contributed by atoms with Gasteiger partial charge in [0.1, 0.15) is 5.60 Å². The summed E-state index contributed by atoms with van der Waals surface area (Å²) in [6, 6.07) is 0. The van der Waals surface area contributed by atoms with Crippen LogP contribution in [0.4, 0.5) is 4.79 Å². The molecule has 1 amide bonds. The zero-order chi connectivity index (χ0) is 20.0. The van der Waals surface area contributed by atoms with Crippen molar-refractivity contribution in [2.75, 3.05) is 26.7 Å². The Morgan fingerprint density at radius 1 is 1.30 bits per heavy atom. The van der Waals surface area contributed by atoms with Crippen molar-refractivity contribution in [3.63, 3.8) is 0 Å². The minimum atomic E-state index is -0.442.